The van der Waals surface area contributed by atoms with Crippen LogP contribution in [-0.2, 0) is 4.74 Å². The average Bonchev–Trinajstić information content (AvgIpc) is 2.74. The Bertz CT molecular complexity index is 724. The molecule has 0 amide bonds. The van der Waals surface area contributed by atoms with Crippen LogP contribution in [0.2, 0.25) is 0 Å². The quantitative estimate of drug-likeness (QED) is 0.263. The lowest BCUT2D eigenvalue weighted by Gasteiger charge is -2.16. The third kappa shape index (κ3) is 7.87. The molecule has 4 nitrogen and oxygen atoms in total. The predicted octanol–water partition coefficient (Wildman–Crippen LogP) is 5.83. The lowest BCUT2D eigenvalue weighted by Crippen LogP contribution is -2.18. The van der Waals surface area contributed by atoms with Crippen molar-refractivity contribution in [3.63, 3.8) is 0 Å². The first-order valence-electron chi connectivity index (χ1n) is 9.90. The molecule has 150 valence electrons. The molecule has 0 saturated carbocycles. The fraction of sp³-hybridized carbons (Fsp3) is 0.375. The van der Waals surface area contributed by atoms with Gasteiger partial charge in [-0.15, -0.1) is 0 Å². The van der Waals surface area contributed by atoms with Crippen molar-refractivity contribution < 1.29 is 19.0 Å². The van der Waals surface area contributed by atoms with Crippen LogP contribution in [0.25, 0.3) is 0 Å². The first kappa shape index (κ1) is 21.5. The molecule has 1 unspecified atom stereocenters. The van der Waals surface area contributed by atoms with Crippen LogP contribution in [0.5, 0.6) is 11.5 Å². The van der Waals surface area contributed by atoms with E-state index in [0.717, 1.165) is 37.2 Å². The second kappa shape index (κ2) is 12.6. The maximum atomic E-state index is 12.3. The van der Waals surface area contributed by atoms with E-state index in [-0.39, 0.29) is 12.1 Å². The predicted molar refractivity (Wildman–Crippen MR) is 112 cm³/mol. The molecular formula is C24H30O4. The van der Waals surface area contributed by atoms with Crippen LogP contribution in [0.15, 0.2) is 66.7 Å². The lowest BCUT2D eigenvalue weighted by atomic mass is 10.1. The first-order chi connectivity index (χ1) is 13.7. The number of benzene rings is 2. The minimum absolute atomic E-state index is 0.118. The molecule has 2 rings (SSSR count). The largest absolute Gasteiger partial charge is 0.497 e. The van der Waals surface area contributed by atoms with Crippen molar-refractivity contribution in [2.45, 2.75) is 45.1 Å². The van der Waals surface area contributed by atoms with E-state index in [1.807, 2.05) is 54.6 Å². The highest BCUT2D eigenvalue weighted by Gasteiger charge is 2.14. The SMILES string of the molecule is CCCCCC(C/C=C/COc1cccc(OC)c1)OC(=O)c1ccccc1. The van der Waals surface area contributed by atoms with Gasteiger partial charge in [-0.1, -0.05) is 56.2 Å². The van der Waals surface area contributed by atoms with Crippen LogP contribution in [0.4, 0.5) is 0 Å². The van der Waals surface area contributed by atoms with Gasteiger partial charge in [-0.2, -0.15) is 0 Å². The van der Waals surface area contributed by atoms with Gasteiger partial charge in [0.2, 0.25) is 0 Å². The Kier molecular flexibility index (Phi) is 9.70. The molecule has 1 atom stereocenters. The molecule has 0 aliphatic heterocycles. The molecule has 0 heterocycles. The smallest absolute Gasteiger partial charge is 0.338 e. The van der Waals surface area contributed by atoms with Gasteiger partial charge in [0.15, 0.2) is 0 Å². The van der Waals surface area contributed by atoms with Crippen molar-refractivity contribution in [3.8, 4) is 11.5 Å². The molecule has 0 aliphatic carbocycles. The summed E-state index contributed by atoms with van der Waals surface area (Å²) < 4.78 is 16.6. The summed E-state index contributed by atoms with van der Waals surface area (Å²) in [6.45, 7) is 2.63. The number of esters is 1. The number of hydrogen-bond acceptors (Lipinski definition) is 4. The highest BCUT2D eigenvalue weighted by atomic mass is 16.5. The highest BCUT2D eigenvalue weighted by molar-refractivity contribution is 5.89. The first-order valence-corrected chi connectivity index (χ1v) is 9.90. The van der Waals surface area contributed by atoms with E-state index >= 15 is 0 Å². The van der Waals surface area contributed by atoms with Crippen LogP contribution >= 0.6 is 0 Å². The molecule has 4 heteroatoms. The monoisotopic (exact) mass is 382 g/mol. The van der Waals surface area contributed by atoms with Gasteiger partial charge in [-0.3, -0.25) is 0 Å². The number of methoxy groups -OCH3 is 1. The maximum absolute atomic E-state index is 12.3. The zero-order valence-corrected chi connectivity index (χ0v) is 16.8. The van der Waals surface area contributed by atoms with Gasteiger partial charge in [0.05, 0.1) is 12.7 Å². The average molecular weight is 383 g/mol. The van der Waals surface area contributed by atoms with Crippen LogP contribution in [0.1, 0.15) is 49.4 Å². The molecule has 0 radical (unpaired) electrons. The van der Waals surface area contributed by atoms with Crippen molar-refractivity contribution >= 4 is 5.97 Å². The summed E-state index contributed by atoms with van der Waals surface area (Å²) in [5.41, 5.74) is 0.591. The fourth-order valence-electron chi connectivity index (χ4n) is 2.79. The zero-order chi connectivity index (χ0) is 20.0. The number of rotatable bonds is 12. The molecule has 0 aromatic heterocycles. The summed E-state index contributed by atoms with van der Waals surface area (Å²) in [5.74, 6) is 1.27. The number of ether oxygens (including phenoxy) is 3. The Morgan fingerprint density at radius 3 is 2.54 bits per heavy atom. The Morgan fingerprint density at radius 1 is 1.00 bits per heavy atom. The number of carbonyl (C=O) groups excluding carboxylic acids is 1. The Balaban J connectivity index is 1.83. The normalized spacial score (nSPS) is 11.9. The van der Waals surface area contributed by atoms with Crippen LogP contribution < -0.4 is 9.47 Å². The standard InChI is InChI=1S/C24H30O4/c1-3-4-6-14-21(28-24(25)20-12-7-5-8-13-20)15-9-10-18-27-23-17-11-16-22(19-23)26-2/h5,7-13,16-17,19,21H,3-4,6,14-15,18H2,1-2H3/b10-9+. The highest BCUT2D eigenvalue weighted by Crippen LogP contribution is 2.19. The Hall–Kier alpha value is -2.75. The van der Waals surface area contributed by atoms with Crippen molar-refractivity contribution in [2.75, 3.05) is 13.7 Å². The molecule has 0 saturated heterocycles. The summed E-state index contributed by atoms with van der Waals surface area (Å²) in [7, 11) is 1.63. The molecule has 0 bridgehead atoms. The van der Waals surface area contributed by atoms with Gasteiger partial charge in [-0.25, -0.2) is 4.79 Å². The number of unbranched alkanes of at least 4 members (excludes halogenated alkanes) is 2. The topological polar surface area (TPSA) is 44.8 Å². The van der Waals surface area contributed by atoms with Gasteiger partial charge < -0.3 is 14.2 Å². The third-order valence-electron chi connectivity index (χ3n) is 4.37. The van der Waals surface area contributed by atoms with Crippen molar-refractivity contribution in [1.29, 1.82) is 0 Å². The molecule has 2 aromatic carbocycles. The fourth-order valence-corrected chi connectivity index (χ4v) is 2.79. The van der Waals surface area contributed by atoms with E-state index in [2.05, 4.69) is 6.92 Å². The molecular weight excluding hydrogens is 352 g/mol. The number of hydrogen-bond donors (Lipinski definition) is 0. The van der Waals surface area contributed by atoms with Crippen molar-refractivity contribution in [3.05, 3.63) is 72.3 Å². The second-order valence-corrected chi connectivity index (χ2v) is 6.59. The van der Waals surface area contributed by atoms with E-state index in [0.29, 0.717) is 18.6 Å². The number of carbonyl (C=O) groups is 1. The van der Waals surface area contributed by atoms with Gasteiger partial charge in [0.25, 0.3) is 0 Å². The van der Waals surface area contributed by atoms with E-state index in [1.54, 1.807) is 19.2 Å². The van der Waals surface area contributed by atoms with Gasteiger partial charge in [0.1, 0.15) is 24.2 Å². The van der Waals surface area contributed by atoms with E-state index < -0.39 is 0 Å². The maximum Gasteiger partial charge on any atom is 0.338 e. The molecule has 2 aromatic rings. The molecule has 0 N–H and O–H groups in total. The summed E-state index contributed by atoms with van der Waals surface area (Å²) in [4.78, 5) is 12.3. The van der Waals surface area contributed by atoms with Crippen LogP contribution in [-0.4, -0.2) is 25.8 Å². The van der Waals surface area contributed by atoms with E-state index in [4.69, 9.17) is 14.2 Å². The van der Waals surface area contributed by atoms with Crippen molar-refractivity contribution in [2.24, 2.45) is 0 Å². The molecule has 28 heavy (non-hydrogen) atoms. The zero-order valence-electron chi connectivity index (χ0n) is 16.8. The third-order valence-corrected chi connectivity index (χ3v) is 4.37. The molecule has 0 fully saturated rings. The molecule has 0 aliphatic rings. The van der Waals surface area contributed by atoms with Crippen LogP contribution in [0.3, 0.4) is 0 Å². The second-order valence-electron chi connectivity index (χ2n) is 6.59. The summed E-state index contributed by atoms with van der Waals surface area (Å²) in [6.07, 6.45) is 8.75. The van der Waals surface area contributed by atoms with Gasteiger partial charge in [0, 0.05) is 12.5 Å². The minimum Gasteiger partial charge on any atom is -0.497 e. The summed E-state index contributed by atoms with van der Waals surface area (Å²) in [6, 6.07) is 16.7. The van der Waals surface area contributed by atoms with Crippen molar-refractivity contribution in [1.82, 2.24) is 0 Å². The van der Waals surface area contributed by atoms with E-state index in [9.17, 15) is 4.79 Å². The van der Waals surface area contributed by atoms with Crippen LogP contribution in [0, 0.1) is 0 Å². The molecule has 0 spiro atoms. The van der Waals surface area contributed by atoms with Gasteiger partial charge >= 0.3 is 5.97 Å². The Morgan fingerprint density at radius 2 is 1.79 bits per heavy atom. The Labute approximate surface area is 168 Å². The minimum atomic E-state index is -0.261. The van der Waals surface area contributed by atoms with Gasteiger partial charge in [-0.05, 0) is 37.1 Å². The lowest BCUT2D eigenvalue weighted by molar-refractivity contribution is 0.0283. The summed E-state index contributed by atoms with van der Waals surface area (Å²) >= 11 is 0. The summed E-state index contributed by atoms with van der Waals surface area (Å²) in [5, 5.41) is 0. The van der Waals surface area contributed by atoms with E-state index in [1.165, 1.54) is 0 Å².